The summed E-state index contributed by atoms with van der Waals surface area (Å²) in [5, 5.41) is 3.98. The van der Waals surface area contributed by atoms with Gasteiger partial charge in [0, 0.05) is 23.3 Å². The molecule has 0 fully saturated rings. The Morgan fingerprint density at radius 2 is 1.79 bits per heavy atom. The van der Waals surface area contributed by atoms with E-state index in [1.54, 1.807) is 12.4 Å². The van der Waals surface area contributed by atoms with Crippen LogP contribution in [0.4, 0.5) is 0 Å². The second-order valence-corrected chi connectivity index (χ2v) is 6.87. The highest BCUT2D eigenvalue weighted by Gasteiger charge is 2.17. The first-order valence-electron chi connectivity index (χ1n) is 9.30. The van der Waals surface area contributed by atoms with E-state index in [9.17, 15) is 4.79 Å². The quantitative estimate of drug-likeness (QED) is 0.546. The Labute approximate surface area is 164 Å². The van der Waals surface area contributed by atoms with E-state index in [4.69, 9.17) is 4.98 Å². The Morgan fingerprint density at radius 1 is 1.00 bits per heavy atom. The summed E-state index contributed by atoms with van der Waals surface area (Å²) >= 11 is 0. The van der Waals surface area contributed by atoms with Crippen LogP contribution in [0, 0.1) is 6.92 Å². The number of hydrogen-bond donors (Lipinski definition) is 1. The third kappa shape index (κ3) is 3.49. The van der Waals surface area contributed by atoms with E-state index in [0.717, 1.165) is 33.3 Å². The molecule has 0 bridgehead atoms. The fourth-order valence-corrected chi connectivity index (χ4v) is 3.45. The highest BCUT2D eigenvalue weighted by molar-refractivity contribution is 6.07. The lowest BCUT2D eigenvalue weighted by atomic mass is 10.0. The Hall–Kier alpha value is -3.53. The second-order valence-electron chi connectivity index (χ2n) is 6.87. The lowest BCUT2D eigenvalue weighted by molar-refractivity contribution is 0.0941. The molecular weight excluding hydrogens is 346 g/mol. The summed E-state index contributed by atoms with van der Waals surface area (Å²) in [5.74, 6) is -0.112. The van der Waals surface area contributed by atoms with Crippen molar-refractivity contribution in [2.75, 3.05) is 0 Å². The maximum absolute atomic E-state index is 13.2. The summed E-state index contributed by atoms with van der Waals surface area (Å²) in [4.78, 5) is 22.1. The van der Waals surface area contributed by atoms with Crippen LogP contribution >= 0.6 is 0 Å². The number of nitrogens with one attached hydrogen (secondary N) is 1. The molecule has 2 heterocycles. The fraction of sp³-hybridized carbons (Fsp3) is 0.125. The zero-order chi connectivity index (χ0) is 19.5. The van der Waals surface area contributed by atoms with Gasteiger partial charge in [0.15, 0.2) is 0 Å². The number of nitrogens with zero attached hydrogens (tertiary/aromatic N) is 2. The smallest absolute Gasteiger partial charge is 0.252 e. The monoisotopic (exact) mass is 367 g/mol. The van der Waals surface area contributed by atoms with Gasteiger partial charge in [-0.05, 0) is 49.2 Å². The molecule has 4 nitrogen and oxygen atoms in total. The SMILES string of the molecule is Cc1ccccc1C(C)NC(=O)c1cc(-c2cccnc2)nc2ccccc12. The maximum Gasteiger partial charge on any atom is 0.252 e. The van der Waals surface area contributed by atoms with Crippen LogP contribution in [-0.4, -0.2) is 15.9 Å². The minimum absolute atomic E-state index is 0.0949. The lowest BCUT2D eigenvalue weighted by Crippen LogP contribution is -2.27. The van der Waals surface area contributed by atoms with Gasteiger partial charge in [-0.1, -0.05) is 42.5 Å². The molecule has 0 spiro atoms. The van der Waals surface area contributed by atoms with Gasteiger partial charge in [-0.25, -0.2) is 4.98 Å². The van der Waals surface area contributed by atoms with Gasteiger partial charge in [0.25, 0.3) is 5.91 Å². The van der Waals surface area contributed by atoms with Crippen LogP contribution in [0.5, 0.6) is 0 Å². The normalized spacial score (nSPS) is 11.9. The zero-order valence-electron chi connectivity index (χ0n) is 15.9. The van der Waals surface area contributed by atoms with Gasteiger partial charge in [0.05, 0.1) is 22.8 Å². The topological polar surface area (TPSA) is 54.9 Å². The van der Waals surface area contributed by atoms with Gasteiger partial charge in [0.2, 0.25) is 0 Å². The lowest BCUT2D eigenvalue weighted by Gasteiger charge is -2.17. The summed E-state index contributed by atoms with van der Waals surface area (Å²) < 4.78 is 0. The summed E-state index contributed by atoms with van der Waals surface area (Å²) in [6.07, 6.45) is 3.48. The van der Waals surface area contributed by atoms with Crippen LogP contribution < -0.4 is 5.32 Å². The molecule has 138 valence electrons. The average molecular weight is 367 g/mol. The molecule has 4 heteroatoms. The molecule has 4 rings (SSSR count). The van der Waals surface area contributed by atoms with E-state index in [0.29, 0.717) is 5.56 Å². The number of benzene rings is 2. The van der Waals surface area contributed by atoms with Crippen molar-refractivity contribution in [3.05, 3.63) is 95.8 Å². The third-order valence-corrected chi connectivity index (χ3v) is 4.92. The molecular formula is C24H21N3O. The molecule has 4 aromatic rings. The number of aromatic nitrogens is 2. The number of amides is 1. The van der Waals surface area contributed by atoms with E-state index in [1.807, 2.05) is 67.6 Å². The number of pyridine rings is 2. The van der Waals surface area contributed by atoms with Crippen molar-refractivity contribution in [2.45, 2.75) is 19.9 Å². The molecule has 0 saturated carbocycles. The molecule has 1 unspecified atom stereocenters. The standard InChI is InChI=1S/C24H21N3O/c1-16-8-3-4-10-19(16)17(2)26-24(28)21-14-23(18-9-7-13-25-15-18)27-22-12-6-5-11-20(21)22/h3-15,17H,1-2H3,(H,26,28). The van der Waals surface area contributed by atoms with E-state index in [-0.39, 0.29) is 11.9 Å². The van der Waals surface area contributed by atoms with Crippen molar-refractivity contribution in [1.82, 2.24) is 15.3 Å². The van der Waals surface area contributed by atoms with Crippen molar-refractivity contribution in [2.24, 2.45) is 0 Å². The molecule has 0 aliphatic carbocycles. The number of aryl methyl sites for hydroxylation is 1. The van der Waals surface area contributed by atoms with Gasteiger partial charge < -0.3 is 5.32 Å². The molecule has 0 aliphatic rings. The number of fused-ring (bicyclic) bond motifs is 1. The number of hydrogen-bond acceptors (Lipinski definition) is 3. The number of rotatable bonds is 4. The van der Waals surface area contributed by atoms with Crippen molar-refractivity contribution in [3.63, 3.8) is 0 Å². The van der Waals surface area contributed by atoms with E-state index >= 15 is 0 Å². The van der Waals surface area contributed by atoms with Crippen LogP contribution in [0.3, 0.4) is 0 Å². The molecule has 28 heavy (non-hydrogen) atoms. The first kappa shape index (κ1) is 17.9. The van der Waals surface area contributed by atoms with E-state index in [1.165, 1.54) is 0 Å². The molecule has 0 radical (unpaired) electrons. The molecule has 2 aromatic carbocycles. The fourth-order valence-electron chi connectivity index (χ4n) is 3.45. The van der Waals surface area contributed by atoms with E-state index < -0.39 is 0 Å². The minimum Gasteiger partial charge on any atom is -0.345 e. The number of carbonyl (C=O) groups excluding carboxylic acids is 1. The molecule has 2 aromatic heterocycles. The van der Waals surface area contributed by atoms with Crippen LogP contribution in [0.2, 0.25) is 0 Å². The molecule has 1 N–H and O–H groups in total. The first-order chi connectivity index (χ1) is 13.6. The Morgan fingerprint density at radius 3 is 2.57 bits per heavy atom. The van der Waals surface area contributed by atoms with E-state index in [2.05, 4.69) is 23.3 Å². The number of para-hydroxylation sites is 1. The Kier molecular flexibility index (Phi) is 4.85. The van der Waals surface area contributed by atoms with Gasteiger partial charge in [-0.2, -0.15) is 0 Å². The number of carbonyl (C=O) groups is 1. The Balaban J connectivity index is 1.75. The maximum atomic E-state index is 13.2. The molecule has 1 atom stereocenters. The predicted molar refractivity (Wildman–Crippen MR) is 112 cm³/mol. The van der Waals surface area contributed by atoms with Crippen LogP contribution in [0.15, 0.2) is 79.1 Å². The molecule has 0 aliphatic heterocycles. The highest BCUT2D eigenvalue weighted by Crippen LogP contribution is 2.25. The second kappa shape index (κ2) is 7.61. The van der Waals surface area contributed by atoms with Crippen molar-refractivity contribution >= 4 is 16.8 Å². The van der Waals surface area contributed by atoms with Gasteiger partial charge >= 0.3 is 0 Å². The highest BCUT2D eigenvalue weighted by atomic mass is 16.1. The molecule has 1 amide bonds. The minimum atomic E-state index is -0.112. The van der Waals surface area contributed by atoms with Crippen molar-refractivity contribution in [1.29, 1.82) is 0 Å². The predicted octanol–water partition coefficient (Wildman–Crippen LogP) is 5.10. The zero-order valence-corrected chi connectivity index (χ0v) is 15.9. The van der Waals surface area contributed by atoms with Gasteiger partial charge in [-0.3, -0.25) is 9.78 Å². The van der Waals surface area contributed by atoms with Crippen LogP contribution in [0.1, 0.15) is 34.5 Å². The average Bonchev–Trinajstić information content (AvgIpc) is 2.73. The summed E-state index contributed by atoms with van der Waals surface area (Å²) in [6.45, 7) is 4.06. The largest absolute Gasteiger partial charge is 0.345 e. The van der Waals surface area contributed by atoms with Crippen molar-refractivity contribution < 1.29 is 4.79 Å². The van der Waals surface area contributed by atoms with Gasteiger partial charge in [0.1, 0.15) is 0 Å². The van der Waals surface area contributed by atoms with Crippen molar-refractivity contribution in [3.8, 4) is 11.3 Å². The van der Waals surface area contributed by atoms with Crippen LogP contribution in [0.25, 0.3) is 22.2 Å². The Bertz CT molecular complexity index is 1140. The van der Waals surface area contributed by atoms with Gasteiger partial charge in [-0.15, -0.1) is 0 Å². The molecule has 0 saturated heterocycles. The summed E-state index contributed by atoms with van der Waals surface area (Å²) in [6, 6.07) is 21.4. The summed E-state index contributed by atoms with van der Waals surface area (Å²) in [5.41, 5.74) is 5.30. The third-order valence-electron chi connectivity index (χ3n) is 4.92. The summed E-state index contributed by atoms with van der Waals surface area (Å²) in [7, 11) is 0. The first-order valence-corrected chi connectivity index (χ1v) is 9.30. The van der Waals surface area contributed by atoms with Crippen LogP contribution in [-0.2, 0) is 0 Å².